The fourth-order valence-electron chi connectivity index (χ4n) is 3.18. The van der Waals surface area contributed by atoms with Crippen LogP contribution in [-0.2, 0) is 10.0 Å². The summed E-state index contributed by atoms with van der Waals surface area (Å²) in [5.41, 5.74) is 0. The number of piperidine rings is 1. The molecule has 1 aliphatic heterocycles. The molecule has 0 aromatic carbocycles. The van der Waals surface area contributed by atoms with Crippen LogP contribution in [0.2, 0.25) is 0 Å². The maximum absolute atomic E-state index is 12.5. The van der Waals surface area contributed by atoms with E-state index in [4.69, 9.17) is 0 Å². The Bertz CT molecular complexity index is 594. The van der Waals surface area contributed by atoms with Crippen molar-refractivity contribution >= 4 is 15.8 Å². The Morgan fingerprint density at radius 1 is 1.27 bits per heavy atom. The number of rotatable bonds is 6. The Labute approximate surface area is 133 Å². The molecule has 2 atom stereocenters. The Kier molecular flexibility index (Phi) is 4.68. The summed E-state index contributed by atoms with van der Waals surface area (Å²) in [6.45, 7) is 3.46. The minimum absolute atomic E-state index is 0.306. The number of anilines is 1. The molecule has 2 fully saturated rings. The molecule has 1 N–H and O–H groups in total. The summed E-state index contributed by atoms with van der Waals surface area (Å²) >= 11 is 0. The first-order chi connectivity index (χ1) is 10.6. The molecular weight excluding hydrogens is 298 g/mol. The summed E-state index contributed by atoms with van der Waals surface area (Å²) in [5, 5.41) is 3.39. The number of sulfonamides is 1. The molecule has 0 amide bonds. The normalized spacial score (nSPS) is 25.9. The molecule has 5 nitrogen and oxygen atoms in total. The van der Waals surface area contributed by atoms with Crippen molar-refractivity contribution in [2.24, 2.45) is 5.92 Å². The Hall–Kier alpha value is -1.14. The van der Waals surface area contributed by atoms with Gasteiger partial charge in [0.15, 0.2) is 0 Å². The average Bonchev–Trinajstić information content (AvgIpc) is 3.27. The average molecular weight is 323 g/mol. The van der Waals surface area contributed by atoms with Gasteiger partial charge in [0.1, 0.15) is 10.7 Å². The maximum atomic E-state index is 12.5. The zero-order valence-corrected chi connectivity index (χ0v) is 14.0. The standard InChI is InChI=1S/C16H25N3O2S/c1-2-6-13-11-15(13)18-16-8-7-14(12-17-16)22(20,21)19-9-4-3-5-10-19/h7-8,12-13,15H,2-6,9-11H2,1H3,(H,17,18). The largest absolute Gasteiger partial charge is 0.367 e. The monoisotopic (exact) mass is 323 g/mol. The third kappa shape index (κ3) is 3.43. The zero-order valence-electron chi connectivity index (χ0n) is 13.2. The van der Waals surface area contributed by atoms with Crippen molar-refractivity contribution in [1.82, 2.24) is 9.29 Å². The second-order valence-corrected chi connectivity index (χ2v) is 8.32. The molecule has 2 aliphatic rings. The number of pyridine rings is 1. The van der Waals surface area contributed by atoms with Gasteiger partial charge in [-0.2, -0.15) is 4.31 Å². The molecule has 0 radical (unpaired) electrons. The van der Waals surface area contributed by atoms with Crippen molar-refractivity contribution in [2.45, 2.75) is 56.4 Å². The van der Waals surface area contributed by atoms with E-state index in [0.29, 0.717) is 24.0 Å². The summed E-state index contributed by atoms with van der Waals surface area (Å²) in [6.07, 6.45) is 8.17. The molecule has 0 bridgehead atoms. The van der Waals surface area contributed by atoms with E-state index >= 15 is 0 Å². The zero-order chi connectivity index (χ0) is 15.6. The quantitative estimate of drug-likeness (QED) is 0.874. The number of aromatic nitrogens is 1. The van der Waals surface area contributed by atoms with Crippen molar-refractivity contribution in [2.75, 3.05) is 18.4 Å². The fourth-order valence-corrected chi connectivity index (χ4v) is 4.64. The first-order valence-corrected chi connectivity index (χ1v) is 9.78. The summed E-state index contributed by atoms with van der Waals surface area (Å²) in [5.74, 6) is 1.53. The lowest BCUT2D eigenvalue weighted by Crippen LogP contribution is -2.35. The molecule has 1 aliphatic carbocycles. The van der Waals surface area contributed by atoms with Gasteiger partial charge in [0.2, 0.25) is 10.0 Å². The van der Waals surface area contributed by atoms with Gasteiger partial charge in [0.25, 0.3) is 0 Å². The van der Waals surface area contributed by atoms with Gasteiger partial charge in [-0.25, -0.2) is 13.4 Å². The van der Waals surface area contributed by atoms with E-state index in [1.807, 2.05) is 0 Å². The molecule has 1 saturated heterocycles. The van der Waals surface area contributed by atoms with E-state index in [1.165, 1.54) is 25.5 Å². The molecule has 6 heteroatoms. The smallest absolute Gasteiger partial charge is 0.244 e. The molecular formula is C16H25N3O2S. The Morgan fingerprint density at radius 2 is 2.05 bits per heavy atom. The van der Waals surface area contributed by atoms with Crippen LogP contribution in [0.15, 0.2) is 23.2 Å². The second-order valence-electron chi connectivity index (χ2n) is 6.38. The van der Waals surface area contributed by atoms with Crippen LogP contribution in [0.1, 0.15) is 45.4 Å². The highest BCUT2D eigenvalue weighted by Crippen LogP contribution is 2.36. The molecule has 1 aromatic rings. The first-order valence-electron chi connectivity index (χ1n) is 8.34. The van der Waals surface area contributed by atoms with E-state index < -0.39 is 10.0 Å². The van der Waals surface area contributed by atoms with Crippen LogP contribution in [0.25, 0.3) is 0 Å². The van der Waals surface area contributed by atoms with Crippen molar-refractivity contribution in [1.29, 1.82) is 0 Å². The highest BCUT2D eigenvalue weighted by atomic mass is 32.2. The predicted octanol–water partition coefficient (Wildman–Crippen LogP) is 2.86. The molecule has 122 valence electrons. The van der Waals surface area contributed by atoms with Crippen molar-refractivity contribution in [3.05, 3.63) is 18.3 Å². The van der Waals surface area contributed by atoms with Crippen molar-refractivity contribution < 1.29 is 8.42 Å². The minimum atomic E-state index is -3.37. The minimum Gasteiger partial charge on any atom is -0.367 e. The third-order valence-corrected chi connectivity index (χ3v) is 6.49. The topological polar surface area (TPSA) is 62.3 Å². The number of nitrogens with one attached hydrogen (secondary N) is 1. The number of hydrogen-bond acceptors (Lipinski definition) is 4. The Morgan fingerprint density at radius 3 is 2.68 bits per heavy atom. The van der Waals surface area contributed by atoms with E-state index in [1.54, 1.807) is 16.4 Å². The predicted molar refractivity (Wildman–Crippen MR) is 87.3 cm³/mol. The number of hydrogen-bond donors (Lipinski definition) is 1. The summed E-state index contributed by atoms with van der Waals surface area (Å²) in [7, 11) is -3.37. The van der Waals surface area contributed by atoms with Gasteiger partial charge in [-0.1, -0.05) is 19.8 Å². The molecule has 1 saturated carbocycles. The molecule has 1 aromatic heterocycles. The maximum Gasteiger partial charge on any atom is 0.244 e. The van der Waals surface area contributed by atoms with Crippen LogP contribution in [0.4, 0.5) is 5.82 Å². The highest BCUT2D eigenvalue weighted by molar-refractivity contribution is 7.89. The molecule has 3 rings (SSSR count). The molecule has 0 spiro atoms. The summed E-state index contributed by atoms with van der Waals surface area (Å²) < 4.78 is 26.7. The number of nitrogens with zero attached hydrogens (tertiary/aromatic N) is 2. The van der Waals surface area contributed by atoms with E-state index in [-0.39, 0.29) is 0 Å². The molecule has 2 unspecified atom stereocenters. The molecule has 2 heterocycles. The van der Waals surface area contributed by atoms with E-state index in [9.17, 15) is 8.42 Å². The van der Waals surface area contributed by atoms with Crippen LogP contribution in [0.5, 0.6) is 0 Å². The van der Waals surface area contributed by atoms with Gasteiger partial charge < -0.3 is 5.32 Å². The van der Waals surface area contributed by atoms with Crippen molar-refractivity contribution in [3.8, 4) is 0 Å². The van der Waals surface area contributed by atoms with Gasteiger partial charge in [-0.3, -0.25) is 0 Å². The Balaban J connectivity index is 1.63. The van der Waals surface area contributed by atoms with E-state index in [0.717, 1.165) is 31.0 Å². The van der Waals surface area contributed by atoms with Crippen molar-refractivity contribution in [3.63, 3.8) is 0 Å². The van der Waals surface area contributed by atoms with Crippen LogP contribution in [-0.4, -0.2) is 36.8 Å². The van der Waals surface area contributed by atoms with E-state index in [2.05, 4.69) is 17.2 Å². The lowest BCUT2D eigenvalue weighted by atomic mass is 10.2. The fraction of sp³-hybridized carbons (Fsp3) is 0.688. The van der Waals surface area contributed by atoms with Gasteiger partial charge in [-0.15, -0.1) is 0 Å². The van der Waals surface area contributed by atoms with Gasteiger partial charge in [-0.05, 0) is 43.7 Å². The van der Waals surface area contributed by atoms with Crippen LogP contribution in [0.3, 0.4) is 0 Å². The van der Waals surface area contributed by atoms with Gasteiger partial charge in [0.05, 0.1) is 0 Å². The van der Waals surface area contributed by atoms with Gasteiger partial charge in [0, 0.05) is 25.3 Å². The first kappa shape index (κ1) is 15.7. The lowest BCUT2D eigenvalue weighted by Gasteiger charge is -2.25. The lowest BCUT2D eigenvalue weighted by molar-refractivity contribution is 0.346. The highest BCUT2D eigenvalue weighted by Gasteiger charge is 2.36. The van der Waals surface area contributed by atoms with Crippen LogP contribution >= 0.6 is 0 Å². The molecule has 22 heavy (non-hydrogen) atoms. The third-order valence-electron chi connectivity index (χ3n) is 4.60. The van der Waals surface area contributed by atoms with Gasteiger partial charge >= 0.3 is 0 Å². The summed E-state index contributed by atoms with van der Waals surface area (Å²) in [6, 6.07) is 3.98. The second kappa shape index (κ2) is 6.54. The summed E-state index contributed by atoms with van der Waals surface area (Å²) in [4.78, 5) is 4.60. The van der Waals surface area contributed by atoms with Crippen LogP contribution < -0.4 is 5.32 Å². The SMILES string of the molecule is CCCC1CC1Nc1ccc(S(=O)(=O)N2CCCCC2)cn1. The van der Waals surface area contributed by atoms with Crippen LogP contribution in [0, 0.1) is 5.92 Å².